The van der Waals surface area contributed by atoms with Gasteiger partial charge in [-0.05, 0) is 49.2 Å². The fourth-order valence-corrected chi connectivity index (χ4v) is 5.45. The molecule has 1 aliphatic carbocycles. The molecule has 31 heavy (non-hydrogen) atoms. The Morgan fingerprint density at radius 2 is 1.84 bits per heavy atom. The second-order valence-electron chi connectivity index (χ2n) is 7.89. The molecule has 1 aromatic carbocycles. The molecule has 1 amide bonds. The van der Waals surface area contributed by atoms with Gasteiger partial charge >= 0.3 is 0 Å². The Kier molecular flexibility index (Phi) is 6.33. The number of carbonyl (C=O) groups excluding carboxylic acids is 1. The molecule has 0 unspecified atom stereocenters. The van der Waals surface area contributed by atoms with Gasteiger partial charge in [-0.1, -0.05) is 25.3 Å². The minimum atomic E-state index is -3.56. The number of aromatic nitrogens is 3. The van der Waals surface area contributed by atoms with E-state index in [0.29, 0.717) is 18.5 Å². The fraction of sp³-hybridized carbons (Fsp3) is 0.409. The predicted molar refractivity (Wildman–Crippen MR) is 117 cm³/mol. The first-order valence-electron chi connectivity index (χ1n) is 10.6. The quantitative estimate of drug-likeness (QED) is 0.608. The molecule has 3 aromatic rings. The monoisotopic (exact) mass is 441 g/mol. The number of amides is 1. The summed E-state index contributed by atoms with van der Waals surface area (Å²) >= 11 is 0. The maximum absolute atomic E-state index is 12.9. The van der Waals surface area contributed by atoms with Gasteiger partial charge in [-0.3, -0.25) is 9.20 Å². The van der Waals surface area contributed by atoms with E-state index in [0.717, 1.165) is 37.2 Å². The topological polar surface area (TPSA) is 96.7 Å². The average molecular weight is 442 g/mol. The molecular weight excluding hydrogens is 414 g/mol. The lowest BCUT2D eigenvalue weighted by Crippen LogP contribution is -2.38. The molecule has 9 heteroatoms. The van der Waals surface area contributed by atoms with Crippen LogP contribution >= 0.6 is 0 Å². The summed E-state index contributed by atoms with van der Waals surface area (Å²) < 4.78 is 29.2. The van der Waals surface area contributed by atoms with Gasteiger partial charge in [0.05, 0.1) is 4.90 Å². The van der Waals surface area contributed by atoms with E-state index >= 15 is 0 Å². The van der Waals surface area contributed by atoms with Crippen LogP contribution in [0, 0.1) is 0 Å². The van der Waals surface area contributed by atoms with Gasteiger partial charge in [-0.15, -0.1) is 10.2 Å². The van der Waals surface area contributed by atoms with E-state index in [4.69, 9.17) is 0 Å². The first-order chi connectivity index (χ1) is 15.0. The van der Waals surface area contributed by atoms with E-state index in [1.165, 1.54) is 22.9 Å². The summed E-state index contributed by atoms with van der Waals surface area (Å²) in [6.07, 6.45) is 7.52. The van der Waals surface area contributed by atoms with Crippen LogP contribution in [0.5, 0.6) is 0 Å². The third-order valence-corrected chi connectivity index (χ3v) is 7.83. The first-order valence-corrected chi connectivity index (χ1v) is 12.1. The van der Waals surface area contributed by atoms with E-state index in [2.05, 4.69) is 15.5 Å². The molecule has 1 N–H and O–H groups in total. The summed E-state index contributed by atoms with van der Waals surface area (Å²) in [5, 5.41) is 11.1. The molecule has 1 aliphatic rings. The Balaban J connectivity index is 1.36. The summed E-state index contributed by atoms with van der Waals surface area (Å²) in [6, 6.07) is 11.9. The number of hydrogen-bond acceptors (Lipinski definition) is 5. The molecule has 0 atom stereocenters. The number of sulfonamides is 1. The molecule has 0 spiro atoms. The molecule has 0 bridgehead atoms. The van der Waals surface area contributed by atoms with E-state index in [1.807, 2.05) is 28.8 Å². The van der Waals surface area contributed by atoms with Gasteiger partial charge in [0.25, 0.3) is 5.91 Å². The van der Waals surface area contributed by atoms with Gasteiger partial charge in [0.15, 0.2) is 5.65 Å². The van der Waals surface area contributed by atoms with Gasteiger partial charge in [0.1, 0.15) is 5.82 Å². The van der Waals surface area contributed by atoms with Crippen molar-refractivity contribution in [1.82, 2.24) is 24.2 Å². The Hall–Kier alpha value is -2.78. The summed E-state index contributed by atoms with van der Waals surface area (Å²) in [5.41, 5.74) is 1.18. The lowest BCUT2D eigenvalue weighted by Gasteiger charge is -2.30. The van der Waals surface area contributed by atoms with E-state index in [9.17, 15) is 13.2 Å². The van der Waals surface area contributed by atoms with Crippen molar-refractivity contribution in [1.29, 1.82) is 0 Å². The second-order valence-corrected chi connectivity index (χ2v) is 9.89. The Morgan fingerprint density at radius 1 is 1.10 bits per heavy atom. The number of nitrogens with one attached hydrogen (secondary N) is 1. The number of carbonyl (C=O) groups is 1. The third-order valence-electron chi connectivity index (χ3n) is 5.90. The zero-order valence-electron chi connectivity index (χ0n) is 17.6. The highest BCUT2D eigenvalue weighted by Crippen LogP contribution is 2.26. The van der Waals surface area contributed by atoms with Crippen LogP contribution < -0.4 is 5.32 Å². The van der Waals surface area contributed by atoms with E-state index in [1.54, 1.807) is 19.2 Å². The SMILES string of the molecule is CN(C1CCCCC1)S(=O)(=O)c1ccc(C(=O)NCCc2nnc3ccccn23)cc1. The van der Waals surface area contributed by atoms with Crippen molar-refractivity contribution in [2.24, 2.45) is 0 Å². The molecule has 0 radical (unpaired) electrons. The lowest BCUT2D eigenvalue weighted by molar-refractivity contribution is 0.0954. The molecular formula is C22H27N5O3S. The molecule has 164 valence electrons. The number of fused-ring (bicyclic) bond motifs is 1. The number of benzene rings is 1. The van der Waals surface area contributed by atoms with Crippen LogP contribution in [0.4, 0.5) is 0 Å². The zero-order chi connectivity index (χ0) is 21.8. The van der Waals surface area contributed by atoms with Crippen molar-refractivity contribution >= 4 is 21.6 Å². The number of nitrogens with zero attached hydrogens (tertiary/aromatic N) is 4. The maximum atomic E-state index is 12.9. The van der Waals surface area contributed by atoms with Gasteiger partial charge in [0, 0.05) is 37.8 Å². The van der Waals surface area contributed by atoms with Crippen molar-refractivity contribution in [3.05, 3.63) is 60.0 Å². The molecule has 0 saturated heterocycles. The van der Waals surface area contributed by atoms with E-state index in [-0.39, 0.29) is 16.8 Å². The van der Waals surface area contributed by atoms with Crippen molar-refractivity contribution < 1.29 is 13.2 Å². The van der Waals surface area contributed by atoms with Crippen molar-refractivity contribution in [2.45, 2.75) is 49.5 Å². The second kappa shape index (κ2) is 9.15. The zero-order valence-corrected chi connectivity index (χ0v) is 18.4. The molecule has 2 heterocycles. The minimum Gasteiger partial charge on any atom is -0.352 e. The highest BCUT2D eigenvalue weighted by Gasteiger charge is 2.29. The predicted octanol–water partition coefficient (Wildman–Crippen LogP) is 2.66. The normalized spacial score (nSPS) is 15.4. The van der Waals surface area contributed by atoms with Crippen LogP contribution in [-0.4, -0.2) is 52.9 Å². The van der Waals surface area contributed by atoms with E-state index < -0.39 is 10.0 Å². The molecule has 1 saturated carbocycles. The maximum Gasteiger partial charge on any atom is 0.251 e. The number of hydrogen-bond donors (Lipinski definition) is 1. The van der Waals surface area contributed by atoms with Crippen molar-refractivity contribution in [3.8, 4) is 0 Å². The van der Waals surface area contributed by atoms with Crippen LogP contribution in [-0.2, 0) is 16.4 Å². The minimum absolute atomic E-state index is 0.0509. The summed E-state index contributed by atoms with van der Waals surface area (Å²) in [6.45, 7) is 0.402. The van der Waals surface area contributed by atoms with Gasteiger partial charge in [-0.2, -0.15) is 4.31 Å². The number of rotatable bonds is 7. The highest BCUT2D eigenvalue weighted by molar-refractivity contribution is 7.89. The molecule has 1 fully saturated rings. The Morgan fingerprint density at radius 3 is 2.58 bits per heavy atom. The molecule has 0 aliphatic heterocycles. The third kappa shape index (κ3) is 4.62. The van der Waals surface area contributed by atoms with Crippen LogP contribution in [0.15, 0.2) is 53.6 Å². The smallest absolute Gasteiger partial charge is 0.251 e. The fourth-order valence-electron chi connectivity index (χ4n) is 4.04. The first kappa shape index (κ1) is 21.5. The summed E-state index contributed by atoms with van der Waals surface area (Å²) in [4.78, 5) is 12.7. The molecule has 2 aromatic heterocycles. The van der Waals surface area contributed by atoms with Crippen molar-refractivity contribution in [2.75, 3.05) is 13.6 Å². The van der Waals surface area contributed by atoms with Gasteiger partial charge in [0.2, 0.25) is 10.0 Å². The largest absolute Gasteiger partial charge is 0.352 e. The average Bonchev–Trinajstić information content (AvgIpc) is 3.22. The lowest BCUT2D eigenvalue weighted by atomic mass is 9.96. The van der Waals surface area contributed by atoms with Crippen LogP contribution in [0.25, 0.3) is 5.65 Å². The molecule has 4 rings (SSSR count). The van der Waals surface area contributed by atoms with Gasteiger partial charge in [-0.25, -0.2) is 8.42 Å². The summed E-state index contributed by atoms with van der Waals surface area (Å²) in [7, 11) is -1.91. The summed E-state index contributed by atoms with van der Waals surface area (Å²) in [5.74, 6) is 0.515. The molecule has 8 nitrogen and oxygen atoms in total. The standard InChI is InChI=1S/C22H27N5O3S/c1-26(18-7-3-2-4-8-18)31(29,30)19-12-10-17(11-13-19)22(28)23-15-14-21-25-24-20-9-5-6-16-27(20)21/h5-6,9-13,16,18H,2-4,7-8,14-15H2,1H3,(H,23,28). The van der Waals surface area contributed by atoms with Gasteiger partial charge < -0.3 is 5.32 Å². The number of pyridine rings is 1. The Bertz CT molecular complexity index is 1150. The Labute approximate surface area is 182 Å². The van der Waals surface area contributed by atoms with Crippen LogP contribution in [0.2, 0.25) is 0 Å². The van der Waals surface area contributed by atoms with Crippen LogP contribution in [0.1, 0.15) is 48.3 Å². The highest BCUT2D eigenvalue weighted by atomic mass is 32.2. The van der Waals surface area contributed by atoms with Crippen molar-refractivity contribution in [3.63, 3.8) is 0 Å². The van der Waals surface area contributed by atoms with Crippen LogP contribution in [0.3, 0.4) is 0 Å².